The Morgan fingerprint density at radius 3 is 2.48 bits per heavy atom. The number of halogens is 1. The van der Waals surface area contributed by atoms with E-state index >= 15 is 0 Å². The number of nitrogens with one attached hydrogen (secondary N) is 1. The molecular weight excluding hydrogens is 286 g/mol. The third kappa shape index (κ3) is 5.12. The highest BCUT2D eigenvalue weighted by Gasteiger charge is 2.00. The average molecular weight is 304 g/mol. The second-order valence-electron chi connectivity index (χ2n) is 4.76. The molecule has 3 nitrogen and oxygen atoms in total. The normalized spacial score (nSPS) is 10.2. The molecule has 0 bridgehead atoms. The summed E-state index contributed by atoms with van der Waals surface area (Å²) in [5, 5.41) is 3.18. The number of hydrogen-bond donors (Lipinski definition) is 1. The first-order valence-electron chi connectivity index (χ1n) is 6.84. The van der Waals surface area contributed by atoms with E-state index < -0.39 is 6.09 Å². The molecule has 2 rings (SSSR count). The first kappa shape index (κ1) is 15.4. The zero-order valence-electron chi connectivity index (χ0n) is 11.9. The number of amides is 1. The largest absolute Gasteiger partial charge is 0.449 e. The maximum absolute atomic E-state index is 10.9. The Bertz CT molecular complexity index is 596. The molecule has 1 N–H and O–H groups in total. The highest BCUT2D eigenvalue weighted by atomic mass is 35.5. The Balaban J connectivity index is 1.88. The first-order valence-corrected chi connectivity index (χ1v) is 7.22. The molecule has 0 aliphatic rings. The van der Waals surface area contributed by atoms with Gasteiger partial charge < -0.3 is 10.1 Å². The molecule has 0 unspecified atom stereocenters. The van der Waals surface area contributed by atoms with Crippen LogP contribution in [-0.4, -0.2) is 19.7 Å². The maximum atomic E-state index is 10.9. The Labute approximate surface area is 129 Å². The molecule has 0 saturated heterocycles. The van der Waals surface area contributed by atoms with Gasteiger partial charge in [-0.15, -0.1) is 0 Å². The summed E-state index contributed by atoms with van der Waals surface area (Å²) in [5.74, 6) is 0. The van der Waals surface area contributed by atoms with Gasteiger partial charge in [0.25, 0.3) is 0 Å². The van der Waals surface area contributed by atoms with E-state index in [4.69, 9.17) is 16.3 Å². The number of carbonyl (C=O) groups is 1. The first-order chi connectivity index (χ1) is 10.2. The van der Waals surface area contributed by atoms with Crippen LogP contribution in [0.25, 0.3) is 0 Å². The van der Waals surface area contributed by atoms with Crippen LogP contribution in [0.2, 0.25) is 5.02 Å². The molecule has 1 amide bonds. The summed E-state index contributed by atoms with van der Waals surface area (Å²) in [4.78, 5) is 10.9. The van der Waals surface area contributed by atoms with Gasteiger partial charge in [-0.3, -0.25) is 0 Å². The highest BCUT2D eigenvalue weighted by Crippen LogP contribution is 2.15. The Kier molecular flexibility index (Phi) is 5.64. The minimum atomic E-state index is -0.396. The third-order valence-electron chi connectivity index (χ3n) is 3.15. The molecule has 21 heavy (non-hydrogen) atoms. The van der Waals surface area contributed by atoms with E-state index in [2.05, 4.69) is 35.6 Å². The van der Waals surface area contributed by atoms with Gasteiger partial charge in [-0.25, -0.2) is 4.79 Å². The van der Waals surface area contributed by atoms with E-state index in [1.165, 1.54) is 11.1 Å². The topological polar surface area (TPSA) is 38.3 Å². The van der Waals surface area contributed by atoms with Gasteiger partial charge in [0.15, 0.2) is 0 Å². The van der Waals surface area contributed by atoms with Crippen LogP contribution in [0.15, 0.2) is 48.5 Å². The van der Waals surface area contributed by atoms with Gasteiger partial charge in [0.05, 0.1) is 6.61 Å². The second kappa shape index (κ2) is 7.70. The monoisotopic (exact) mass is 303 g/mol. The van der Waals surface area contributed by atoms with E-state index in [1.807, 2.05) is 18.2 Å². The molecule has 0 spiro atoms. The van der Waals surface area contributed by atoms with E-state index in [-0.39, 0.29) is 0 Å². The molecule has 0 fully saturated rings. The zero-order valence-corrected chi connectivity index (χ0v) is 12.7. The van der Waals surface area contributed by atoms with Crippen LogP contribution in [0.4, 0.5) is 4.79 Å². The predicted molar refractivity (Wildman–Crippen MR) is 84.8 cm³/mol. The molecule has 110 valence electrons. The summed E-state index contributed by atoms with van der Waals surface area (Å²) < 4.78 is 4.97. The smallest absolute Gasteiger partial charge is 0.406 e. The number of hydrogen-bond acceptors (Lipinski definition) is 2. The van der Waals surface area contributed by atoms with Crippen molar-refractivity contribution < 1.29 is 9.53 Å². The van der Waals surface area contributed by atoms with Gasteiger partial charge in [0.2, 0.25) is 0 Å². The SMILES string of the molecule is CNC(=O)OCCc1ccc(Cc2cccc(Cl)c2)cc1. The lowest BCUT2D eigenvalue weighted by molar-refractivity contribution is 0.150. The van der Waals surface area contributed by atoms with Crippen molar-refractivity contribution in [1.82, 2.24) is 5.32 Å². The molecule has 0 saturated carbocycles. The number of rotatable bonds is 5. The van der Waals surface area contributed by atoms with Crippen molar-refractivity contribution in [3.8, 4) is 0 Å². The lowest BCUT2D eigenvalue weighted by Gasteiger charge is -2.06. The molecule has 0 atom stereocenters. The molecule has 0 aliphatic carbocycles. The van der Waals surface area contributed by atoms with Crippen molar-refractivity contribution in [2.45, 2.75) is 12.8 Å². The average Bonchev–Trinajstić information content (AvgIpc) is 2.49. The fourth-order valence-electron chi connectivity index (χ4n) is 2.04. The van der Waals surface area contributed by atoms with Crippen LogP contribution >= 0.6 is 11.6 Å². The molecule has 4 heteroatoms. The second-order valence-corrected chi connectivity index (χ2v) is 5.20. The lowest BCUT2D eigenvalue weighted by atomic mass is 10.0. The summed E-state index contributed by atoms with van der Waals surface area (Å²) in [6.07, 6.45) is 1.17. The van der Waals surface area contributed by atoms with E-state index in [9.17, 15) is 4.79 Å². The minimum Gasteiger partial charge on any atom is -0.449 e. The van der Waals surface area contributed by atoms with Crippen LogP contribution in [0.5, 0.6) is 0 Å². The van der Waals surface area contributed by atoms with Crippen molar-refractivity contribution in [3.63, 3.8) is 0 Å². The van der Waals surface area contributed by atoms with Crippen LogP contribution in [0.1, 0.15) is 16.7 Å². The Hall–Kier alpha value is -2.00. The van der Waals surface area contributed by atoms with E-state index in [0.29, 0.717) is 13.0 Å². The standard InChI is InChI=1S/C17H18ClNO2/c1-19-17(20)21-10-9-13-5-7-14(8-6-13)11-15-3-2-4-16(18)12-15/h2-8,12H,9-11H2,1H3,(H,19,20). The van der Waals surface area contributed by atoms with Crippen molar-refractivity contribution in [3.05, 3.63) is 70.2 Å². The number of alkyl carbamates (subject to hydrolysis) is 1. The molecule has 0 radical (unpaired) electrons. The van der Waals surface area contributed by atoms with Gasteiger partial charge in [0, 0.05) is 18.5 Å². The van der Waals surface area contributed by atoms with Crippen LogP contribution in [0, 0.1) is 0 Å². The summed E-state index contributed by atoms with van der Waals surface area (Å²) in [5.41, 5.74) is 3.57. The molecule has 0 aromatic heterocycles. The number of carbonyl (C=O) groups excluding carboxylic acids is 1. The minimum absolute atomic E-state index is 0.382. The highest BCUT2D eigenvalue weighted by molar-refractivity contribution is 6.30. The van der Waals surface area contributed by atoms with Crippen molar-refractivity contribution in [2.75, 3.05) is 13.7 Å². The summed E-state index contributed by atoms with van der Waals surface area (Å²) in [7, 11) is 1.55. The van der Waals surface area contributed by atoms with Crippen molar-refractivity contribution in [2.24, 2.45) is 0 Å². The fraction of sp³-hybridized carbons (Fsp3) is 0.235. The molecule has 0 heterocycles. The number of ether oxygens (including phenoxy) is 1. The lowest BCUT2D eigenvalue weighted by Crippen LogP contribution is -2.20. The van der Waals surface area contributed by atoms with Gasteiger partial charge in [-0.05, 0) is 35.2 Å². The molecule has 2 aromatic rings. The predicted octanol–water partition coefficient (Wildman–Crippen LogP) is 3.83. The van der Waals surface area contributed by atoms with Crippen LogP contribution in [-0.2, 0) is 17.6 Å². The van der Waals surface area contributed by atoms with Gasteiger partial charge in [0.1, 0.15) is 0 Å². The fourth-order valence-corrected chi connectivity index (χ4v) is 2.25. The summed E-state index contributed by atoms with van der Waals surface area (Å²) in [6, 6.07) is 16.2. The van der Waals surface area contributed by atoms with Crippen LogP contribution in [0.3, 0.4) is 0 Å². The summed E-state index contributed by atoms with van der Waals surface area (Å²) in [6.45, 7) is 0.382. The van der Waals surface area contributed by atoms with E-state index in [1.54, 1.807) is 7.05 Å². The summed E-state index contributed by atoms with van der Waals surface area (Å²) >= 11 is 5.98. The van der Waals surface area contributed by atoms with E-state index in [0.717, 1.165) is 17.0 Å². The van der Waals surface area contributed by atoms with Crippen molar-refractivity contribution in [1.29, 1.82) is 0 Å². The van der Waals surface area contributed by atoms with Crippen molar-refractivity contribution >= 4 is 17.7 Å². The Morgan fingerprint density at radius 2 is 1.81 bits per heavy atom. The van der Waals surface area contributed by atoms with Gasteiger partial charge in [-0.2, -0.15) is 0 Å². The quantitative estimate of drug-likeness (QED) is 0.911. The maximum Gasteiger partial charge on any atom is 0.406 e. The molecule has 0 aliphatic heterocycles. The Morgan fingerprint density at radius 1 is 1.10 bits per heavy atom. The molecular formula is C17H18ClNO2. The zero-order chi connectivity index (χ0) is 15.1. The van der Waals surface area contributed by atoms with Gasteiger partial charge in [-0.1, -0.05) is 48.0 Å². The molecule has 2 aromatic carbocycles. The number of benzene rings is 2. The van der Waals surface area contributed by atoms with Gasteiger partial charge >= 0.3 is 6.09 Å². The van der Waals surface area contributed by atoms with Crippen LogP contribution < -0.4 is 5.32 Å². The third-order valence-corrected chi connectivity index (χ3v) is 3.38.